The van der Waals surface area contributed by atoms with Crippen LogP contribution in [0.3, 0.4) is 0 Å². The van der Waals surface area contributed by atoms with E-state index in [2.05, 4.69) is 4.98 Å². The zero-order chi connectivity index (χ0) is 17.0. The number of aryl methyl sites for hydroxylation is 2. The normalized spacial score (nSPS) is 11.4. The van der Waals surface area contributed by atoms with E-state index in [1.54, 1.807) is 6.07 Å². The molecular formula is C18H22N2O3. The highest BCUT2D eigenvalue weighted by molar-refractivity contribution is 5.40. The predicted octanol–water partition coefficient (Wildman–Crippen LogP) is 3.76. The molecule has 0 saturated heterocycles. The minimum absolute atomic E-state index is 0.261. The number of nitrogens with one attached hydrogen (secondary N) is 1. The standard InChI is InChI=1S/C18H22N2O3/c1-18(2,3)15-12-14(16(20(22)23)17(21)19-15)11-7-10-13-8-5-4-6-9-13/h4-6,8-9,12H,7,10-11H2,1-3H3,(H,19,21). The largest absolute Gasteiger partial charge is 0.337 e. The number of rotatable bonds is 5. The van der Waals surface area contributed by atoms with Crippen molar-refractivity contribution < 1.29 is 4.92 Å². The molecule has 0 bridgehead atoms. The van der Waals surface area contributed by atoms with Gasteiger partial charge in [0.15, 0.2) is 0 Å². The second kappa shape index (κ2) is 6.77. The molecule has 0 aliphatic carbocycles. The van der Waals surface area contributed by atoms with Gasteiger partial charge in [-0.15, -0.1) is 0 Å². The van der Waals surface area contributed by atoms with E-state index in [4.69, 9.17) is 0 Å². The van der Waals surface area contributed by atoms with Gasteiger partial charge >= 0.3 is 11.2 Å². The highest BCUT2D eigenvalue weighted by Crippen LogP contribution is 2.24. The summed E-state index contributed by atoms with van der Waals surface area (Å²) in [5.41, 5.74) is 1.23. The predicted molar refractivity (Wildman–Crippen MR) is 90.9 cm³/mol. The molecule has 0 amide bonds. The lowest BCUT2D eigenvalue weighted by molar-refractivity contribution is -0.387. The number of H-pyrrole nitrogens is 1. The quantitative estimate of drug-likeness (QED) is 0.674. The molecule has 0 aliphatic heterocycles. The number of nitro groups is 1. The Kier molecular flexibility index (Phi) is 4.98. The molecule has 5 nitrogen and oxygen atoms in total. The minimum Gasteiger partial charge on any atom is -0.320 e. The summed E-state index contributed by atoms with van der Waals surface area (Å²) in [6, 6.07) is 11.7. The maximum absolute atomic E-state index is 12.1. The second-order valence-electron chi connectivity index (χ2n) is 6.73. The fourth-order valence-electron chi connectivity index (χ4n) is 2.53. The Morgan fingerprint density at radius 2 is 1.78 bits per heavy atom. The van der Waals surface area contributed by atoms with Crippen LogP contribution in [0.25, 0.3) is 0 Å². The molecule has 2 aromatic rings. The van der Waals surface area contributed by atoms with E-state index in [0.717, 1.165) is 18.5 Å². The summed E-state index contributed by atoms with van der Waals surface area (Å²) in [6.45, 7) is 5.91. The molecule has 23 heavy (non-hydrogen) atoms. The average molecular weight is 314 g/mol. The number of pyridine rings is 1. The highest BCUT2D eigenvalue weighted by Gasteiger charge is 2.24. The Bertz CT molecular complexity index is 743. The van der Waals surface area contributed by atoms with Gasteiger partial charge in [0.2, 0.25) is 0 Å². The number of hydrogen-bond acceptors (Lipinski definition) is 3. The number of nitrogens with zero attached hydrogens (tertiary/aromatic N) is 1. The molecule has 1 N–H and O–H groups in total. The maximum Gasteiger partial charge on any atom is 0.337 e. The molecular weight excluding hydrogens is 292 g/mol. The van der Waals surface area contributed by atoms with Gasteiger partial charge in [-0.1, -0.05) is 51.1 Å². The smallest absolute Gasteiger partial charge is 0.320 e. The highest BCUT2D eigenvalue weighted by atomic mass is 16.6. The van der Waals surface area contributed by atoms with Crippen molar-refractivity contribution in [2.75, 3.05) is 0 Å². The molecule has 0 saturated carbocycles. The van der Waals surface area contributed by atoms with Gasteiger partial charge in [-0.3, -0.25) is 14.9 Å². The van der Waals surface area contributed by atoms with Gasteiger partial charge in [0.25, 0.3) is 0 Å². The first-order chi connectivity index (χ1) is 10.8. The van der Waals surface area contributed by atoms with E-state index in [-0.39, 0.29) is 11.1 Å². The lowest BCUT2D eigenvalue weighted by atomic mass is 9.90. The van der Waals surface area contributed by atoms with E-state index in [1.165, 1.54) is 5.56 Å². The van der Waals surface area contributed by atoms with Crippen molar-refractivity contribution in [1.29, 1.82) is 0 Å². The Hall–Kier alpha value is -2.43. The van der Waals surface area contributed by atoms with Crippen LogP contribution in [0.5, 0.6) is 0 Å². The van der Waals surface area contributed by atoms with Gasteiger partial charge < -0.3 is 4.98 Å². The van der Waals surface area contributed by atoms with Gasteiger partial charge in [-0.2, -0.15) is 0 Å². The van der Waals surface area contributed by atoms with Crippen molar-refractivity contribution >= 4 is 5.69 Å². The van der Waals surface area contributed by atoms with Gasteiger partial charge in [-0.25, -0.2) is 0 Å². The third-order valence-electron chi connectivity index (χ3n) is 3.83. The summed E-state index contributed by atoms with van der Waals surface area (Å²) >= 11 is 0. The molecule has 122 valence electrons. The number of aromatic nitrogens is 1. The minimum atomic E-state index is -0.614. The molecule has 5 heteroatoms. The fourth-order valence-corrected chi connectivity index (χ4v) is 2.53. The van der Waals surface area contributed by atoms with Gasteiger partial charge in [0.1, 0.15) is 0 Å². The molecule has 1 aromatic heterocycles. The van der Waals surface area contributed by atoms with E-state index >= 15 is 0 Å². The van der Waals surface area contributed by atoms with Crippen molar-refractivity contribution in [3.05, 3.63) is 73.7 Å². The van der Waals surface area contributed by atoms with Gasteiger partial charge in [0, 0.05) is 16.7 Å². The fraction of sp³-hybridized carbons (Fsp3) is 0.389. The zero-order valence-electron chi connectivity index (χ0n) is 13.8. The molecule has 0 atom stereocenters. The summed E-state index contributed by atoms with van der Waals surface area (Å²) in [7, 11) is 0. The molecule has 1 heterocycles. The van der Waals surface area contributed by atoms with E-state index in [0.29, 0.717) is 12.0 Å². The van der Waals surface area contributed by atoms with E-state index in [9.17, 15) is 14.9 Å². The summed E-state index contributed by atoms with van der Waals surface area (Å²) in [5, 5.41) is 11.2. The molecule has 0 spiro atoms. The SMILES string of the molecule is CC(C)(C)c1cc(CCCc2ccccc2)c([N+](=O)[O-])c(=O)[nH]1. The summed E-state index contributed by atoms with van der Waals surface area (Å²) in [5.74, 6) is 0. The van der Waals surface area contributed by atoms with Crippen molar-refractivity contribution in [3.63, 3.8) is 0 Å². The first kappa shape index (κ1) is 16.9. The molecule has 0 fully saturated rings. The third kappa shape index (κ3) is 4.28. The Morgan fingerprint density at radius 1 is 1.13 bits per heavy atom. The maximum atomic E-state index is 12.1. The first-order valence-corrected chi connectivity index (χ1v) is 7.74. The van der Waals surface area contributed by atoms with Crippen molar-refractivity contribution in [3.8, 4) is 0 Å². The number of benzene rings is 1. The Morgan fingerprint density at radius 3 is 2.35 bits per heavy atom. The molecule has 0 radical (unpaired) electrons. The molecule has 1 aromatic carbocycles. The van der Waals surface area contributed by atoms with Crippen molar-refractivity contribution in [1.82, 2.24) is 4.98 Å². The lowest BCUT2D eigenvalue weighted by Gasteiger charge is -2.19. The first-order valence-electron chi connectivity index (χ1n) is 7.74. The van der Waals surface area contributed by atoms with Crippen LogP contribution in [0.4, 0.5) is 5.69 Å². The third-order valence-corrected chi connectivity index (χ3v) is 3.83. The zero-order valence-corrected chi connectivity index (χ0v) is 13.8. The van der Waals surface area contributed by atoms with Crippen molar-refractivity contribution in [2.45, 2.75) is 45.4 Å². The van der Waals surface area contributed by atoms with E-state index in [1.807, 2.05) is 51.1 Å². The van der Waals surface area contributed by atoms with Crippen LogP contribution in [-0.2, 0) is 18.3 Å². The number of hydrogen-bond donors (Lipinski definition) is 1. The average Bonchev–Trinajstić information content (AvgIpc) is 2.46. The summed E-state index contributed by atoms with van der Waals surface area (Å²) < 4.78 is 0. The second-order valence-corrected chi connectivity index (χ2v) is 6.73. The van der Waals surface area contributed by atoms with Crippen LogP contribution < -0.4 is 5.56 Å². The summed E-state index contributed by atoms with van der Waals surface area (Å²) in [6.07, 6.45) is 2.10. The van der Waals surface area contributed by atoms with Crippen LogP contribution in [0.15, 0.2) is 41.2 Å². The molecule has 0 unspecified atom stereocenters. The van der Waals surface area contributed by atoms with Crippen LogP contribution in [0.2, 0.25) is 0 Å². The number of aromatic amines is 1. The van der Waals surface area contributed by atoms with Crippen LogP contribution in [0.1, 0.15) is 44.0 Å². The van der Waals surface area contributed by atoms with Crippen LogP contribution >= 0.6 is 0 Å². The molecule has 0 aliphatic rings. The topological polar surface area (TPSA) is 76.0 Å². The van der Waals surface area contributed by atoms with Gasteiger partial charge in [-0.05, 0) is 30.9 Å². The monoisotopic (exact) mass is 314 g/mol. The van der Waals surface area contributed by atoms with Crippen molar-refractivity contribution in [2.24, 2.45) is 0 Å². The van der Waals surface area contributed by atoms with E-state index < -0.39 is 10.5 Å². The van der Waals surface area contributed by atoms with Crippen LogP contribution in [-0.4, -0.2) is 9.91 Å². The molecule has 2 rings (SSSR count). The lowest BCUT2D eigenvalue weighted by Crippen LogP contribution is -2.23. The summed E-state index contributed by atoms with van der Waals surface area (Å²) in [4.78, 5) is 25.4. The Labute approximate surface area is 135 Å². The van der Waals surface area contributed by atoms with Crippen LogP contribution in [0, 0.1) is 10.1 Å². The van der Waals surface area contributed by atoms with Gasteiger partial charge in [0.05, 0.1) is 4.92 Å². The Balaban J connectivity index is 2.26.